The number of Topliss-reactive ketones (excluding diaryl/α,β-unsaturated/α-hetero) is 1. The number of rotatable bonds is 3. The van der Waals surface area contributed by atoms with Crippen molar-refractivity contribution in [1.82, 2.24) is 4.90 Å². The predicted octanol–water partition coefficient (Wildman–Crippen LogP) is 0.412. The zero-order valence-electron chi connectivity index (χ0n) is 9.36. The van der Waals surface area contributed by atoms with Gasteiger partial charge in [-0.05, 0) is 14.0 Å². The van der Waals surface area contributed by atoms with E-state index in [1.807, 2.05) is 11.9 Å². The summed E-state index contributed by atoms with van der Waals surface area (Å²) in [6.07, 6.45) is 0. The van der Waals surface area contributed by atoms with Crippen LogP contribution in [-0.2, 0) is 14.3 Å². The molecule has 0 bridgehead atoms. The van der Waals surface area contributed by atoms with Crippen LogP contribution in [0.1, 0.15) is 6.92 Å². The molecule has 86 valence electrons. The molecule has 15 heavy (non-hydrogen) atoms. The number of carbonyl (C=O) groups excluding carboxylic acids is 2. The van der Waals surface area contributed by atoms with Crippen LogP contribution in [0.3, 0.4) is 0 Å². The molecule has 0 amide bonds. The molecule has 2 unspecified atom stereocenters. The zero-order valence-corrected chi connectivity index (χ0v) is 10.2. The Hall–Kier alpha value is -0.550. The summed E-state index contributed by atoms with van der Waals surface area (Å²) in [4.78, 5) is 25.2. The Morgan fingerprint density at radius 1 is 1.53 bits per heavy atom. The lowest BCUT2D eigenvalue weighted by Gasteiger charge is -2.31. The van der Waals surface area contributed by atoms with Crippen LogP contribution in [0.5, 0.6) is 0 Å². The molecule has 0 N–H and O–H groups in total. The molecule has 0 saturated carbocycles. The van der Waals surface area contributed by atoms with E-state index in [-0.39, 0.29) is 11.8 Å². The molecule has 1 fully saturated rings. The SMILES string of the molecule is COC(=O)C(C)C(=O)C1CSCCN1C. The molecule has 0 aromatic heterocycles. The summed E-state index contributed by atoms with van der Waals surface area (Å²) in [7, 11) is 3.23. The molecule has 1 aliphatic heterocycles. The van der Waals surface area contributed by atoms with E-state index in [9.17, 15) is 9.59 Å². The van der Waals surface area contributed by atoms with Gasteiger partial charge in [-0.25, -0.2) is 0 Å². The van der Waals surface area contributed by atoms with Crippen LogP contribution in [0, 0.1) is 5.92 Å². The molecule has 0 radical (unpaired) electrons. The minimum absolute atomic E-state index is 0.0310. The van der Waals surface area contributed by atoms with Gasteiger partial charge in [0.25, 0.3) is 0 Å². The summed E-state index contributed by atoms with van der Waals surface area (Å²) in [5.74, 6) is 0.700. The van der Waals surface area contributed by atoms with E-state index in [0.29, 0.717) is 0 Å². The van der Waals surface area contributed by atoms with Gasteiger partial charge in [0.15, 0.2) is 5.78 Å². The van der Waals surface area contributed by atoms with Crippen LogP contribution in [0.15, 0.2) is 0 Å². The maximum atomic E-state index is 12.0. The molecular weight excluding hydrogens is 214 g/mol. The molecule has 1 saturated heterocycles. The van der Waals surface area contributed by atoms with Crippen molar-refractivity contribution < 1.29 is 14.3 Å². The highest BCUT2D eigenvalue weighted by Gasteiger charge is 2.33. The smallest absolute Gasteiger partial charge is 0.315 e. The minimum Gasteiger partial charge on any atom is -0.468 e. The van der Waals surface area contributed by atoms with E-state index in [1.54, 1.807) is 18.7 Å². The summed E-state index contributed by atoms with van der Waals surface area (Å²) in [6, 6.07) is -0.141. The zero-order chi connectivity index (χ0) is 11.4. The molecule has 0 spiro atoms. The third-order valence-electron chi connectivity index (χ3n) is 2.71. The monoisotopic (exact) mass is 231 g/mol. The first-order valence-corrected chi connectivity index (χ1v) is 6.13. The maximum absolute atomic E-state index is 12.0. The first-order chi connectivity index (χ1) is 7.07. The average molecular weight is 231 g/mol. The van der Waals surface area contributed by atoms with Crippen molar-refractivity contribution >= 4 is 23.5 Å². The first-order valence-electron chi connectivity index (χ1n) is 4.97. The predicted molar refractivity (Wildman–Crippen MR) is 59.9 cm³/mol. The molecule has 0 aliphatic carbocycles. The number of carbonyl (C=O) groups is 2. The number of thioether (sulfide) groups is 1. The third kappa shape index (κ3) is 2.95. The second-order valence-corrected chi connectivity index (χ2v) is 4.87. The Labute approximate surface area is 94.3 Å². The number of esters is 1. The van der Waals surface area contributed by atoms with Gasteiger partial charge in [-0.3, -0.25) is 14.5 Å². The highest BCUT2D eigenvalue weighted by atomic mass is 32.2. The van der Waals surface area contributed by atoms with Crippen LogP contribution in [0.4, 0.5) is 0 Å². The van der Waals surface area contributed by atoms with Crippen LogP contribution in [0.25, 0.3) is 0 Å². The van der Waals surface area contributed by atoms with Crippen molar-refractivity contribution in [3.8, 4) is 0 Å². The van der Waals surface area contributed by atoms with Crippen LogP contribution in [0.2, 0.25) is 0 Å². The highest BCUT2D eigenvalue weighted by molar-refractivity contribution is 7.99. The van der Waals surface area contributed by atoms with E-state index in [2.05, 4.69) is 4.74 Å². The lowest BCUT2D eigenvalue weighted by molar-refractivity contribution is -0.149. The third-order valence-corrected chi connectivity index (χ3v) is 3.73. The largest absolute Gasteiger partial charge is 0.468 e. The van der Waals surface area contributed by atoms with Gasteiger partial charge in [0.2, 0.25) is 0 Å². The second-order valence-electron chi connectivity index (χ2n) is 3.72. The van der Waals surface area contributed by atoms with Gasteiger partial charge >= 0.3 is 5.97 Å². The molecule has 0 aromatic rings. The molecular formula is C10H17NO3S. The van der Waals surface area contributed by atoms with Crippen molar-refractivity contribution in [2.24, 2.45) is 5.92 Å². The fourth-order valence-corrected chi connectivity index (χ4v) is 2.79. The molecule has 2 atom stereocenters. The number of likely N-dealkylation sites (N-methyl/N-ethyl adjacent to an activating group) is 1. The normalized spacial score (nSPS) is 24.6. The highest BCUT2D eigenvalue weighted by Crippen LogP contribution is 2.18. The Morgan fingerprint density at radius 3 is 2.73 bits per heavy atom. The van der Waals surface area contributed by atoms with Gasteiger partial charge < -0.3 is 4.74 Å². The number of methoxy groups -OCH3 is 1. The molecule has 1 aliphatic rings. The van der Waals surface area contributed by atoms with Gasteiger partial charge in [0, 0.05) is 18.1 Å². The maximum Gasteiger partial charge on any atom is 0.315 e. The van der Waals surface area contributed by atoms with Crippen molar-refractivity contribution in [1.29, 1.82) is 0 Å². The van der Waals surface area contributed by atoms with Gasteiger partial charge in [-0.1, -0.05) is 0 Å². The number of hydrogen-bond donors (Lipinski definition) is 0. The minimum atomic E-state index is -0.652. The van der Waals surface area contributed by atoms with Crippen LogP contribution >= 0.6 is 11.8 Å². The first kappa shape index (κ1) is 12.5. The van der Waals surface area contributed by atoms with Crippen molar-refractivity contribution in [2.75, 3.05) is 32.2 Å². The number of hydrogen-bond acceptors (Lipinski definition) is 5. The van der Waals surface area contributed by atoms with Crippen LogP contribution in [-0.4, -0.2) is 54.9 Å². The van der Waals surface area contributed by atoms with Gasteiger partial charge in [0.05, 0.1) is 13.2 Å². The molecule has 1 rings (SSSR count). The van der Waals surface area contributed by atoms with Gasteiger partial charge in [-0.2, -0.15) is 11.8 Å². The van der Waals surface area contributed by atoms with Crippen LogP contribution < -0.4 is 0 Å². The number of ketones is 1. The quantitative estimate of drug-likeness (QED) is 0.520. The van der Waals surface area contributed by atoms with Crippen molar-refractivity contribution in [2.45, 2.75) is 13.0 Å². The molecule has 5 heteroatoms. The van der Waals surface area contributed by atoms with Crippen molar-refractivity contribution in [3.63, 3.8) is 0 Å². The molecule has 1 heterocycles. The van der Waals surface area contributed by atoms with E-state index < -0.39 is 11.9 Å². The van der Waals surface area contributed by atoms with Crippen molar-refractivity contribution in [3.05, 3.63) is 0 Å². The lowest BCUT2D eigenvalue weighted by atomic mass is 10.00. The summed E-state index contributed by atoms with van der Waals surface area (Å²) >= 11 is 1.76. The van der Waals surface area contributed by atoms with E-state index in [1.165, 1.54) is 7.11 Å². The fraction of sp³-hybridized carbons (Fsp3) is 0.800. The summed E-state index contributed by atoms with van der Waals surface area (Å²) in [5.41, 5.74) is 0. The topological polar surface area (TPSA) is 46.6 Å². The Kier molecular flexibility index (Phi) is 4.60. The molecule has 4 nitrogen and oxygen atoms in total. The van der Waals surface area contributed by atoms with Gasteiger partial charge in [0.1, 0.15) is 5.92 Å². The molecule has 0 aromatic carbocycles. The number of ether oxygens (including phenoxy) is 1. The van der Waals surface area contributed by atoms with E-state index >= 15 is 0 Å². The van der Waals surface area contributed by atoms with E-state index in [0.717, 1.165) is 18.1 Å². The Morgan fingerprint density at radius 2 is 2.20 bits per heavy atom. The standard InChI is InChI=1S/C10H17NO3S/c1-7(10(13)14-3)9(12)8-6-15-5-4-11(8)2/h7-8H,4-6H2,1-3H3. The Bertz CT molecular complexity index is 257. The Balaban J connectivity index is 2.62. The second kappa shape index (κ2) is 5.51. The summed E-state index contributed by atoms with van der Waals surface area (Å²) in [6.45, 7) is 2.51. The van der Waals surface area contributed by atoms with E-state index in [4.69, 9.17) is 0 Å². The lowest BCUT2D eigenvalue weighted by Crippen LogP contribution is -2.48. The summed E-state index contributed by atoms with van der Waals surface area (Å²) in [5, 5.41) is 0. The van der Waals surface area contributed by atoms with Gasteiger partial charge in [-0.15, -0.1) is 0 Å². The average Bonchev–Trinajstić information content (AvgIpc) is 2.26. The fourth-order valence-electron chi connectivity index (χ4n) is 1.57. The summed E-state index contributed by atoms with van der Waals surface area (Å²) < 4.78 is 4.57. The number of nitrogens with zero attached hydrogens (tertiary/aromatic N) is 1.